The second kappa shape index (κ2) is 6.14. The number of halogens is 3. The van der Waals surface area contributed by atoms with Crippen LogP contribution in [0.15, 0.2) is 6.20 Å². The molecule has 0 bridgehead atoms. The van der Waals surface area contributed by atoms with E-state index < -0.39 is 39.3 Å². The van der Waals surface area contributed by atoms with Gasteiger partial charge >= 0.3 is 12.1 Å². The van der Waals surface area contributed by atoms with Crippen LogP contribution in [0.3, 0.4) is 0 Å². The molecule has 0 spiro atoms. The summed E-state index contributed by atoms with van der Waals surface area (Å²) in [7, 11) is -3.12. The summed E-state index contributed by atoms with van der Waals surface area (Å²) in [6, 6.07) is -0.574. The molecular weight excluding hydrogens is 337 g/mol. The molecule has 23 heavy (non-hydrogen) atoms. The minimum Gasteiger partial charge on any atom is -0.478 e. The van der Waals surface area contributed by atoms with Crippen LogP contribution in [0.1, 0.15) is 47.8 Å². The van der Waals surface area contributed by atoms with E-state index in [-0.39, 0.29) is 11.7 Å². The summed E-state index contributed by atoms with van der Waals surface area (Å²) in [5, 5.41) is 12.5. The van der Waals surface area contributed by atoms with Gasteiger partial charge in [0, 0.05) is 6.26 Å². The normalized spacial score (nSPS) is 23.0. The van der Waals surface area contributed by atoms with Gasteiger partial charge in [-0.15, -0.1) is 0 Å². The Kier molecular flexibility index (Phi) is 4.74. The molecule has 0 unspecified atom stereocenters. The Morgan fingerprint density at radius 1 is 1.35 bits per heavy atom. The van der Waals surface area contributed by atoms with Crippen molar-refractivity contribution in [2.75, 3.05) is 12.0 Å². The molecule has 0 saturated heterocycles. The Hall–Kier alpha value is -1.58. The maximum absolute atomic E-state index is 13.2. The summed E-state index contributed by atoms with van der Waals surface area (Å²) in [5.41, 5.74) is -2.12. The third kappa shape index (κ3) is 4.24. The highest BCUT2D eigenvalue weighted by molar-refractivity contribution is 7.90. The van der Waals surface area contributed by atoms with Crippen molar-refractivity contribution in [2.45, 2.75) is 37.9 Å². The van der Waals surface area contributed by atoms with E-state index >= 15 is 0 Å². The van der Waals surface area contributed by atoms with Crippen molar-refractivity contribution in [1.29, 1.82) is 0 Å². The van der Waals surface area contributed by atoms with Crippen LogP contribution < -0.4 is 0 Å². The van der Waals surface area contributed by atoms with Crippen molar-refractivity contribution in [3.05, 3.63) is 17.5 Å². The van der Waals surface area contributed by atoms with Gasteiger partial charge in [0.05, 0.1) is 18.0 Å². The Labute approximate surface area is 131 Å². The SMILES string of the molecule is CS(=O)(=O)CC1CCC(n2ncc(C(=O)O)c2C(F)(F)F)CC1. The minimum atomic E-state index is -4.81. The van der Waals surface area contributed by atoms with Crippen LogP contribution in [0.25, 0.3) is 0 Å². The fraction of sp³-hybridized carbons (Fsp3) is 0.692. The summed E-state index contributed by atoms with van der Waals surface area (Å²) in [4.78, 5) is 11.0. The Morgan fingerprint density at radius 3 is 2.35 bits per heavy atom. The zero-order valence-electron chi connectivity index (χ0n) is 12.4. The van der Waals surface area contributed by atoms with Gasteiger partial charge in [0.15, 0.2) is 5.69 Å². The largest absolute Gasteiger partial charge is 0.478 e. The molecular formula is C13H17F3N2O4S. The number of aromatic carboxylic acids is 1. The molecule has 1 aromatic heterocycles. The van der Waals surface area contributed by atoms with Crippen molar-refractivity contribution in [1.82, 2.24) is 9.78 Å². The lowest BCUT2D eigenvalue weighted by Crippen LogP contribution is -2.27. The van der Waals surface area contributed by atoms with Crippen molar-refractivity contribution in [3.8, 4) is 0 Å². The molecule has 0 aliphatic heterocycles. The number of aromatic nitrogens is 2. The molecule has 6 nitrogen and oxygen atoms in total. The average molecular weight is 354 g/mol. The standard InChI is InChI=1S/C13H17F3N2O4S/c1-23(21,22)7-8-2-4-9(5-3-8)18-11(13(14,15)16)10(6-17-18)12(19)20/h6,8-9H,2-5,7H2,1H3,(H,19,20). The third-order valence-electron chi connectivity index (χ3n) is 3.99. The molecule has 10 heteroatoms. The van der Waals surface area contributed by atoms with Gasteiger partial charge in [0.25, 0.3) is 0 Å². The van der Waals surface area contributed by atoms with Gasteiger partial charge in [-0.3, -0.25) is 4.68 Å². The summed E-state index contributed by atoms with van der Waals surface area (Å²) >= 11 is 0. The lowest BCUT2D eigenvalue weighted by molar-refractivity contribution is -0.145. The molecule has 1 aromatic rings. The maximum atomic E-state index is 13.2. The molecule has 0 radical (unpaired) electrons. The smallest absolute Gasteiger partial charge is 0.433 e. The molecule has 2 rings (SSSR count). The first-order chi connectivity index (χ1) is 10.5. The van der Waals surface area contributed by atoms with Crippen LogP contribution in [-0.2, 0) is 16.0 Å². The molecule has 0 atom stereocenters. The number of hydrogen-bond donors (Lipinski definition) is 1. The topological polar surface area (TPSA) is 89.3 Å². The van der Waals surface area contributed by atoms with E-state index in [2.05, 4.69) is 5.10 Å². The third-order valence-corrected chi connectivity index (χ3v) is 5.07. The minimum absolute atomic E-state index is 0.0192. The first-order valence-corrected chi connectivity index (χ1v) is 9.11. The molecule has 130 valence electrons. The number of rotatable bonds is 4. The maximum Gasteiger partial charge on any atom is 0.433 e. The van der Waals surface area contributed by atoms with Crippen LogP contribution in [0.4, 0.5) is 13.2 Å². The van der Waals surface area contributed by atoms with Gasteiger partial charge < -0.3 is 5.11 Å². The quantitative estimate of drug-likeness (QED) is 0.897. The van der Waals surface area contributed by atoms with E-state index in [1.807, 2.05) is 0 Å². The number of hydrogen-bond acceptors (Lipinski definition) is 4. The van der Waals surface area contributed by atoms with Crippen LogP contribution in [-0.4, -0.2) is 41.3 Å². The van der Waals surface area contributed by atoms with Crippen LogP contribution in [0.5, 0.6) is 0 Å². The Balaban J connectivity index is 2.20. The van der Waals surface area contributed by atoms with Gasteiger partial charge in [-0.25, -0.2) is 13.2 Å². The van der Waals surface area contributed by atoms with Gasteiger partial charge in [-0.05, 0) is 31.6 Å². The monoisotopic (exact) mass is 354 g/mol. The van der Waals surface area contributed by atoms with E-state index in [9.17, 15) is 26.4 Å². The van der Waals surface area contributed by atoms with Crippen molar-refractivity contribution >= 4 is 15.8 Å². The Morgan fingerprint density at radius 2 is 1.91 bits per heavy atom. The lowest BCUT2D eigenvalue weighted by atomic mass is 9.87. The van der Waals surface area contributed by atoms with Gasteiger partial charge in [-0.2, -0.15) is 18.3 Å². The molecule has 1 heterocycles. The van der Waals surface area contributed by atoms with Crippen LogP contribution in [0.2, 0.25) is 0 Å². The van der Waals surface area contributed by atoms with Gasteiger partial charge in [0.2, 0.25) is 0 Å². The van der Waals surface area contributed by atoms with Crippen molar-refractivity contribution < 1.29 is 31.5 Å². The molecule has 1 fully saturated rings. The predicted octanol–water partition coefficient (Wildman–Crippen LogP) is 2.38. The second-order valence-corrected chi connectivity index (χ2v) is 8.11. The molecule has 1 N–H and O–H groups in total. The highest BCUT2D eigenvalue weighted by Crippen LogP contribution is 2.38. The zero-order valence-corrected chi connectivity index (χ0v) is 13.2. The van der Waals surface area contributed by atoms with E-state index in [0.29, 0.717) is 31.9 Å². The number of sulfone groups is 1. The van der Waals surface area contributed by atoms with Gasteiger partial charge in [0.1, 0.15) is 15.4 Å². The Bertz CT molecular complexity index is 689. The van der Waals surface area contributed by atoms with Crippen molar-refractivity contribution in [2.24, 2.45) is 5.92 Å². The fourth-order valence-corrected chi connectivity index (χ4v) is 4.25. The fourth-order valence-electron chi connectivity index (χ4n) is 3.06. The number of carboxylic acid groups (broad SMARTS) is 1. The first kappa shape index (κ1) is 17.8. The summed E-state index contributed by atoms with van der Waals surface area (Å²) < 4.78 is 62.8. The molecule has 0 amide bonds. The zero-order chi connectivity index (χ0) is 17.4. The first-order valence-electron chi connectivity index (χ1n) is 7.04. The summed E-state index contributed by atoms with van der Waals surface area (Å²) in [6.45, 7) is 0. The van der Waals surface area contributed by atoms with E-state index in [1.165, 1.54) is 0 Å². The molecule has 1 aliphatic rings. The molecule has 1 saturated carbocycles. The predicted molar refractivity (Wildman–Crippen MR) is 74.9 cm³/mol. The molecule has 1 aliphatic carbocycles. The van der Waals surface area contributed by atoms with E-state index in [4.69, 9.17) is 5.11 Å². The van der Waals surface area contributed by atoms with E-state index in [1.54, 1.807) is 0 Å². The van der Waals surface area contributed by atoms with Gasteiger partial charge in [-0.1, -0.05) is 0 Å². The average Bonchev–Trinajstić information content (AvgIpc) is 2.82. The number of carbonyl (C=O) groups is 1. The highest BCUT2D eigenvalue weighted by Gasteiger charge is 2.42. The molecule has 0 aromatic carbocycles. The highest BCUT2D eigenvalue weighted by atomic mass is 32.2. The number of nitrogens with zero attached hydrogens (tertiary/aromatic N) is 2. The van der Waals surface area contributed by atoms with E-state index in [0.717, 1.165) is 10.9 Å². The van der Waals surface area contributed by atoms with Crippen LogP contribution >= 0.6 is 0 Å². The van der Waals surface area contributed by atoms with Crippen molar-refractivity contribution in [3.63, 3.8) is 0 Å². The summed E-state index contributed by atoms with van der Waals surface area (Å²) in [6.07, 6.45) is -1.35. The summed E-state index contributed by atoms with van der Waals surface area (Å²) in [5.74, 6) is -1.73. The number of carboxylic acids is 1. The van der Waals surface area contributed by atoms with Crippen LogP contribution in [0, 0.1) is 5.92 Å². The second-order valence-electron chi connectivity index (χ2n) is 5.92. The number of alkyl halides is 3. The lowest BCUT2D eigenvalue weighted by Gasteiger charge is -2.29.